The van der Waals surface area contributed by atoms with Gasteiger partial charge >= 0.3 is 0 Å². The Balaban J connectivity index is 2.97. The zero-order chi connectivity index (χ0) is 5.54. The van der Waals surface area contributed by atoms with Crippen LogP contribution in [0.25, 0.3) is 0 Å². The lowest BCUT2D eigenvalue weighted by Crippen LogP contribution is -1.58. The molecule has 0 N–H and O–H groups in total. The van der Waals surface area contributed by atoms with E-state index in [9.17, 15) is 0 Å². The Morgan fingerprint density at radius 1 is 2.00 bits per heavy atom. The fraction of sp³-hybridized carbons (Fsp3) is 0.250. The molecule has 0 rings (SSSR count). The largest absolute Gasteiger partial charge is 0.161 e. The van der Waals surface area contributed by atoms with E-state index >= 15 is 0 Å². The van der Waals surface area contributed by atoms with Gasteiger partial charge < -0.3 is 0 Å². The van der Waals surface area contributed by atoms with Gasteiger partial charge in [-0.25, -0.2) is 0 Å². The molecule has 0 amide bonds. The van der Waals surface area contributed by atoms with Gasteiger partial charge in [-0.2, -0.15) is 4.40 Å². The summed E-state index contributed by atoms with van der Waals surface area (Å²) >= 11 is 5.64. The van der Waals surface area contributed by atoms with Crippen LogP contribution in [0.3, 0.4) is 0 Å². The molecule has 0 aromatic carbocycles. The molecule has 0 saturated heterocycles. The number of hydrogen-bond acceptors (Lipinski definition) is 3. The Kier molecular flexibility index (Phi) is 5.80. The highest BCUT2D eigenvalue weighted by Crippen LogP contribution is 1.97. The van der Waals surface area contributed by atoms with Gasteiger partial charge in [0.05, 0.1) is 5.16 Å². The molecular weight excluding hydrogens is 126 g/mol. The van der Waals surface area contributed by atoms with Crippen molar-refractivity contribution in [3.63, 3.8) is 0 Å². The summed E-state index contributed by atoms with van der Waals surface area (Å²) in [7, 11) is 0. The Labute approximate surface area is 52.7 Å². The SMILES string of the molecule is C=CCSN=C=S. The zero-order valence-electron chi connectivity index (χ0n) is 3.76. The molecule has 0 aliphatic heterocycles. The summed E-state index contributed by atoms with van der Waals surface area (Å²) in [4.78, 5) is 0. The maximum Gasteiger partial charge on any atom is 0.0718 e. The fourth-order valence-corrected chi connectivity index (χ4v) is 0.507. The van der Waals surface area contributed by atoms with Gasteiger partial charge in [-0.15, -0.1) is 6.58 Å². The molecule has 7 heavy (non-hydrogen) atoms. The molecule has 0 heterocycles. The summed E-state index contributed by atoms with van der Waals surface area (Å²) < 4.78 is 3.57. The lowest BCUT2D eigenvalue weighted by Gasteiger charge is -1.75. The number of isothiocyanates is 1. The van der Waals surface area contributed by atoms with E-state index in [1.54, 1.807) is 6.08 Å². The van der Waals surface area contributed by atoms with Crippen LogP contribution >= 0.6 is 24.2 Å². The Morgan fingerprint density at radius 2 is 2.71 bits per heavy atom. The monoisotopic (exact) mass is 131 g/mol. The maximum absolute atomic E-state index is 4.29. The minimum absolute atomic E-state index is 0.809. The van der Waals surface area contributed by atoms with Crippen LogP contribution in [-0.2, 0) is 0 Å². The molecular formula is C4H5NS2. The summed E-state index contributed by atoms with van der Waals surface area (Å²) in [6.07, 6.45) is 1.76. The van der Waals surface area contributed by atoms with Gasteiger partial charge in [-0.3, -0.25) is 0 Å². The molecule has 0 spiro atoms. The molecule has 0 radical (unpaired) electrons. The van der Waals surface area contributed by atoms with Crippen molar-refractivity contribution in [1.82, 2.24) is 0 Å². The van der Waals surface area contributed by atoms with Crippen LogP contribution in [0.5, 0.6) is 0 Å². The predicted octanol–water partition coefficient (Wildman–Crippen LogP) is 1.92. The van der Waals surface area contributed by atoms with E-state index in [1.165, 1.54) is 11.9 Å². The van der Waals surface area contributed by atoms with Crippen LogP contribution in [0.2, 0.25) is 0 Å². The third-order valence-electron chi connectivity index (χ3n) is 0.294. The second-order valence-corrected chi connectivity index (χ2v) is 1.72. The van der Waals surface area contributed by atoms with Crippen molar-refractivity contribution in [1.29, 1.82) is 0 Å². The van der Waals surface area contributed by atoms with Crippen LogP contribution in [-0.4, -0.2) is 10.9 Å². The highest BCUT2D eigenvalue weighted by Gasteiger charge is 1.69. The standard InChI is InChI=1S/C4H5NS2/c1-2-3-7-5-4-6/h2H,1,3H2. The third kappa shape index (κ3) is 5.89. The second kappa shape index (κ2) is 5.89. The van der Waals surface area contributed by atoms with Crippen molar-refractivity contribution < 1.29 is 0 Å². The quantitative estimate of drug-likeness (QED) is 0.191. The van der Waals surface area contributed by atoms with Gasteiger partial charge in [-0.1, -0.05) is 6.08 Å². The van der Waals surface area contributed by atoms with Gasteiger partial charge in [0.25, 0.3) is 0 Å². The van der Waals surface area contributed by atoms with Crippen LogP contribution < -0.4 is 0 Å². The normalized spacial score (nSPS) is 6.86. The highest BCUT2D eigenvalue weighted by atomic mass is 32.2. The smallest absolute Gasteiger partial charge is 0.0718 e. The van der Waals surface area contributed by atoms with Gasteiger partial charge in [0.2, 0.25) is 0 Å². The van der Waals surface area contributed by atoms with Crippen molar-refractivity contribution in [3.8, 4) is 0 Å². The average Bonchev–Trinajstić information content (AvgIpc) is 1.69. The van der Waals surface area contributed by atoms with E-state index in [0.29, 0.717) is 0 Å². The number of hydrogen-bond donors (Lipinski definition) is 0. The molecule has 0 aromatic heterocycles. The van der Waals surface area contributed by atoms with Crippen LogP contribution in [0.15, 0.2) is 17.1 Å². The van der Waals surface area contributed by atoms with E-state index in [-0.39, 0.29) is 0 Å². The molecule has 0 unspecified atom stereocenters. The first kappa shape index (κ1) is 6.89. The Bertz CT molecular complexity index is 93.9. The Hall–Kier alpha value is -0.110. The lowest BCUT2D eigenvalue weighted by atomic mass is 10.8. The first-order valence-corrected chi connectivity index (χ1v) is 3.07. The molecule has 0 bridgehead atoms. The van der Waals surface area contributed by atoms with Gasteiger partial charge in [0.15, 0.2) is 0 Å². The Morgan fingerprint density at radius 3 is 3.14 bits per heavy atom. The summed E-state index contributed by atoms with van der Waals surface area (Å²) in [5, 5.41) is 2.23. The molecule has 3 heteroatoms. The van der Waals surface area contributed by atoms with E-state index in [1.807, 2.05) is 0 Å². The summed E-state index contributed by atoms with van der Waals surface area (Å²) in [6, 6.07) is 0. The van der Waals surface area contributed by atoms with E-state index < -0.39 is 0 Å². The first-order valence-electron chi connectivity index (χ1n) is 1.72. The van der Waals surface area contributed by atoms with Crippen molar-refractivity contribution >= 4 is 29.3 Å². The molecule has 0 fully saturated rings. The number of thiocarbonyl (C=S) groups is 1. The number of nitrogens with zero attached hydrogens (tertiary/aromatic N) is 1. The summed E-state index contributed by atoms with van der Waals surface area (Å²) in [6.45, 7) is 3.49. The zero-order valence-corrected chi connectivity index (χ0v) is 5.39. The van der Waals surface area contributed by atoms with Crippen LogP contribution in [0.1, 0.15) is 0 Å². The van der Waals surface area contributed by atoms with Gasteiger partial charge in [0.1, 0.15) is 0 Å². The minimum Gasteiger partial charge on any atom is -0.161 e. The minimum atomic E-state index is 0.809. The van der Waals surface area contributed by atoms with Gasteiger partial charge in [-0.05, 0) is 24.2 Å². The average molecular weight is 131 g/mol. The number of rotatable bonds is 3. The fourth-order valence-electron chi connectivity index (χ4n) is 0.116. The molecule has 0 atom stereocenters. The lowest BCUT2D eigenvalue weighted by molar-refractivity contribution is 1.79. The third-order valence-corrected chi connectivity index (χ3v) is 1.11. The van der Waals surface area contributed by atoms with Gasteiger partial charge in [0, 0.05) is 5.75 Å². The summed E-state index contributed by atoms with van der Waals surface area (Å²) in [5.41, 5.74) is 0. The second-order valence-electron chi connectivity index (χ2n) is 0.767. The van der Waals surface area contributed by atoms with E-state index in [2.05, 4.69) is 28.4 Å². The molecule has 0 aliphatic rings. The molecule has 1 nitrogen and oxygen atoms in total. The van der Waals surface area contributed by atoms with E-state index in [4.69, 9.17) is 0 Å². The molecule has 0 saturated carbocycles. The van der Waals surface area contributed by atoms with Crippen LogP contribution in [0, 0.1) is 0 Å². The summed E-state index contributed by atoms with van der Waals surface area (Å²) in [5.74, 6) is 0.809. The van der Waals surface area contributed by atoms with Crippen molar-refractivity contribution in [3.05, 3.63) is 12.7 Å². The van der Waals surface area contributed by atoms with Crippen molar-refractivity contribution in [2.45, 2.75) is 0 Å². The van der Waals surface area contributed by atoms with E-state index in [0.717, 1.165) is 5.75 Å². The predicted molar refractivity (Wildman–Crippen MR) is 37.7 cm³/mol. The van der Waals surface area contributed by atoms with Crippen molar-refractivity contribution in [2.24, 2.45) is 4.40 Å². The molecule has 0 aliphatic carbocycles. The maximum atomic E-state index is 4.29. The van der Waals surface area contributed by atoms with Crippen molar-refractivity contribution in [2.75, 3.05) is 5.75 Å². The molecule has 0 aromatic rings. The topological polar surface area (TPSA) is 12.4 Å². The molecule has 38 valence electrons. The highest BCUT2D eigenvalue weighted by molar-refractivity contribution is 7.98. The first-order chi connectivity index (χ1) is 3.41. The van der Waals surface area contributed by atoms with Crippen LogP contribution in [0.4, 0.5) is 0 Å².